The lowest BCUT2D eigenvalue weighted by molar-refractivity contribution is -0.0115. The molecule has 1 saturated heterocycles. The highest BCUT2D eigenvalue weighted by atomic mass is 35.5. The van der Waals surface area contributed by atoms with Gasteiger partial charge in [-0.1, -0.05) is 17.7 Å². The zero-order valence-corrected chi connectivity index (χ0v) is 18.0. The SMILES string of the molecule is COc1c2n(cc(C(=O)NCc3ccc(F)c(Cl)c3F)c1=O)[C@H]1CCOC[C@H]1N(C)C2=O. The molecular formula is C21H20ClF2N3O5. The van der Waals surface area contributed by atoms with Crippen LogP contribution in [0.3, 0.4) is 0 Å². The van der Waals surface area contributed by atoms with Crippen molar-refractivity contribution in [3.63, 3.8) is 0 Å². The van der Waals surface area contributed by atoms with Crippen molar-refractivity contribution in [1.29, 1.82) is 0 Å². The zero-order valence-electron chi connectivity index (χ0n) is 17.3. The Hall–Kier alpha value is -2.98. The molecule has 1 fully saturated rings. The summed E-state index contributed by atoms with van der Waals surface area (Å²) in [6, 6.07) is 1.66. The Kier molecular flexibility index (Phi) is 5.91. The maximum atomic E-state index is 14.1. The van der Waals surface area contributed by atoms with E-state index in [4.69, 9.17) is 21.1 Å². The highest BCUT2D eigenvalue weighted by Crippen LogP contribution is 2.34. The first-order valence-corrected chi connectivity index (χ1v) is 10.2. The molecule has 2 aromatic rings. The molecule has 2 amide bonds. The number of amides is 2. The fourth-order valence-electron chi connectivity index (χ4n) is 4.13. The molecule has 1 aromatic carbocycles. The van der Waals surface area contributed by atoms with Gasteiger partial charge in [0.15, 0.2) is 11.4 Å². The smallest absolute Gasteiger partial charge is 0.274 e. The highest BCUT2D eigenvalue weighted by Gasteiger charge is 2.42. The molecule has 0 unspecified atom stereocenters. The van der Waals surface area contributed by atoms with E-state index in [0.29, 0.717) is 19.6 Å². The van der Waals surface area contributed by atoms with E-state index in [-0.39, 0.29) is 41.2 Å². The molecule has 11 heteroatoms. The molecule has 4 rings (SSSR count). The average Bonchev–Trinajstić information content (AvgIpc) is 2.80. The van der Waals surface area contributed by atoms with Crippen LogP contribution < -0.4 is 15.5 Å². The van der Waals surface area contributed by atoms with E-state index in [2.05, 4.69) is 5.32 Å². The third-order valence-electron chi connectivity index (χ3n) is 5.86. The lowest BCUT2D eigenvalue weighted by Gasteiger charge is -2.44. The Balaban J connectivity index is 1.71. The van der Waals surface area contributed by atoms with Crippen LogP contribution >= 0.6 is 11.6 Å². The number of methoxy groups -OCH3 is 1. The van der Waals surface area contributed by atoms with Crippen molar-refractivity contribution in [2.45, 2.75) is 25.0 Å². The minimum Gasteiger partial charge on any atom is -0.491 e. The molecule has 0 radical (unpaired) electrons. The van der Waals surface area contributed by atoms with Crippen molar-refractivity contribution in [1.82, 2.24) is 14.8 Å². The number of ether oxygens (including phenoxy) is 2. The third kappa shape index (κ3) is 3.53. The van der Waals surface area contributed by atoms with E-state index in [1.807, 2.05) is 0 Å². The van der Waals surface area contributed by atoms with Crippen molar-refractivity contribution in [3.05, 3.63) is 62.0 Å². The summed E-state index contributed by atoms with van der Waals surface area (Å²) in [5, 5.41) is 1.76. The predicted molar refractivity (Wildman–Crippen MR) is 110 cm³/mol. The van der Waals surface area contributed by atoms with Gasteiger partial charge in [-0.05, 0) is 12.5 Å². The molecule has 0 spiro atoms. The summed E-state index contributed by atoms with van der Waals surface area (Å²) in [6.07, 6.45) is 1.90. The zero-order chi connectivity index (χ0) is 23.2. The van der Waals surface area contributed by atoms with Gasteiger partial charge in [-0.3, -0.25) is 14.4 Å². The minimum absolute atomic E-state index is 0.0453. The molecule has 32 heavy (non-hydrogen) atoms. The number of carbonyl (C=O) groups excluding carboxylic acids is 2. The Morgan fingerprint density at radius 3 is 2.78 bits per heavy atom. The van der Waals surface area contributed by atoms with Gasteiger partial charge < -0.3 is 24.3 Å². The number of halogens is 3. The van der Waals surface area contributed by atoms with Gasteiger partial charge in [0.25, 0.3) is 11.8 Å². The van der Waals surface area contributed by atoms with Crippen LogP contribution in [-0.4, -0.2) is 54.7 Å². The van der Waals surface area contributed by atoms with Crippen molar-refractivity contribution in [2.75, 3.05) is 27.4 Å². The number of fused-ring (bicyclic) bond motifs is 3. The van der Waals surface area contributed by atoms with E-state index in [9.17, 15) is 23.2 Å². The number of likely N-dealkylation sites (N-methyl/N-ethyl adjacent to an activating group) is 1. The quantitative estimate of drug-likeness (QED) is 0.696. The van der Waals surface area contributed by atoms with Gasteiger partial charge in [-0.25, -0.2) is 8.78 Å². The molecule has 8 nitrogen and oxygen atoms in total. The molecule has 0 saturated carbocycles. The third-order valence-corrected chi connectivity index (χ3v) is 6.21. The summed E-state index contributed by atoms with van der Waals surface area (Å²) >= 11 is 5.57. The van der Waals surface area contributed by atoms with Crippen LogP contribution in [0.15, 0.2) is 23.1 Å². The topological polar surface area (TPSA) is 89.9 Å². The molecule has 3 heterocycles. The first-order chi connectivity index (χ1) is 15.3. The van der Waals surface area contributed by atoms with Crippen LogP contribution in [-0.2, 0) is 11.3 Å². The maximum Gasteiger partial charge on any atom is 0.274 e. The molecule has 1 aromatic heterocycles. The van der Waals surface area contributed by atoms with Crippen molar-refractivity contribution < 1.29 is 27.8 Å². The van der Waals surface area contributed by atoms with Crippen LogP contribution in [0.2, 0.25) is 5.02 Å². The van der Waals surface area contributed by atoms with Gasteiger partial charge >= 0.3 is 0 Å². The first-order valence-electron chi connectivity index (χ1n) is 9.84. The molecule has 0 bridgehead atoms. The lowest BCUT2D eigenvalue weighted by atomic mass is 9.96. The van der Waals surface area contributed by atoms with Crippen LogP contribution in [0.5, 0.6) is 5.75 Å². The molecule has 170 valence electrons. The van der Waals surface area contributed by atoms with Gasteiger partial charge in [-0.15, -0.1) is 0 Å². The predicted octanol–water partition coefficient (Wildman–Crippen LogP) is 2.13. The minimum atomic E-state index is -0.995. The number of nitrogens with zero attached hydrogens (tertiary/aromatic N) is 2. The fourth-order valence-corrected chi connectivity index (χ4v) is 4.31. The van der Waals surface area contributed by atoms with Crippen molar-refractivity contribution in [2.24, 2.45) is 0 Å². The standard InChI is InChI=1S/C21H20ClF2N3O5/c1-26-14-9-32-6-5-13(14)27-8-11(18(28)19(31-2)17(27)21(26)30)20(29)25-7-10-3-4-12(23)15(22)16(10)24/h3-4,8,13-14H,5-7,9H2,1-2H3,(H,25,29)/t13-,14+/m0/s1. The first kappa shape index (κ1) is 22.2. The maximum absolute atomic E-state index is 14.1. The van der Waals surface area contributed by atoms with E-state index >= 15 is 0 Å². The van der Waals surface area contributed by atoms with Gasteiger partial charge in [0, 0.05) is 32.0 Å². The molecule has 1 N–H and O–H groups in total. The van der Waals surface area contributed by atoms with Gasteiger partial charge in [0.2, 0.25) is 5.43 Å². The summed E-state index contributed by atoms with van der Waals surface area (Å²) in [7, 11) is 2.88. The van der Waals surface area contributed by atoms with Crippen LogP contribution in [0.4, 0.5) is 8.78 Å². The van der Waals surface area contributed by atoms with Crippen LogP contribution in [0.1, 0.15) is 38.9 Å². The normalized spacial score (nSPS) is 19.9. The summed E-state index contributed by atoms with van der Waals surface area (Å²) in [5.74, 6) is -3.36. The number of pyridine rings is 1. The van der Waals surface area contributed by atoms with E-state index in [1.165, 1.54) is 18.2 Å². The molecule has 0 aliphatic carbocycles. The number of nitrogens with one attached hydrogen (secondary N) is 1. The Labute approximate surface area is 186 Å². The number of aromatic nitrogens is 1. The number of carbonyl (C=O) groups is 2. The lowest BCUT2D eigenvalue weighted by Crippen LogP contribution is -2.54. The fraction of sp³-hybridized carbons (Fsp3) is 0.381. The van der Waals surface area contributed by atoms with Crippen LogP contribution in [0, 0.1) is 11.6 Å². The number of hydrogen-bond donors (Lipinski definition) is 1. The van der Waals surface area contributed by atoms with Crippen molar-refractivity contribution in [3.8, 4) is 5.75 Å². The Morgan fingerprint density at radius 1 is 1.31 bits per heavy atom. The number of rotatable bonds is 4. The largest absolute Gasteiger partial charge is 0.491 e. The van der Waals surface area contributed by atoms with E-state index < -0.39 is 33.9 Å². The second kappa shape index (κ2) is 8.51. The van der Waals surface area contributed by atoms with Gasteiger partial charge in [0.1, 0.15) is 22.2 Å². The molecular weight excluding hydrogens is 448 g/mol. The summed E-state index contributed by atoms with van der Waals surface area (Å²) < 4.78 is 39.8. The van der Waals surface area contributed by atoms with Crippen molar-refractivity contribution >= 4 is 23.4 Å². The summed E-state index contributed by atoms with van der Waals surface area (Å²) in [4.78, 5) is 40.2. The average molecular weight is 468 g/mol. The highest BCUT2D eigenvalue weighted by molar-refractivity contribution is 6.30. The molecule has 2 aliphatic rings. The van der Waals surface area contributed by atoms with Crippen LogP contribution in [0.25, 0.3) is 0 Å². The summed E-state index contributed by atoms with van der Waals surface area (Å²) in [6.45, 7) is 0.464. The Morgan fingerprint density at radius 2 is 2.06 bits per heavy atom. The van der Waals surface area contributed by atoms with E-state index in [0.717, 1.165) is 12.1 Å². The van der Waals surface area contributed by atoms with Gasteiger partial charge in [0.05, 0.1) is 25.8 Å². The molecule has 2 atom stereocenters. The summed E-state index contributed by atoms with van der Waals surface area (Å²) in [5.41, 5.74) is -1.00. The van der Waals surface area contributed by atoms with E-state index in [1.54, 1.807) is 11.6 Å². The number of benzene rings is 1. The monoisotopic (exact) mass is 467 g/mol. The second-order valence-electron chi connectivity index (χ2n) is 7.59. The number of hydrogen-bond acceptors (Lipinski definition) is 5. The second-order valence-corrected chi connectivity index (χ2v) is 7.97. The van der Waals surface area contributed by atoms with Gasteiger partial charge in [-0.2, -0.15) is 0 Å². The Bertz CT molecular complexity index is 1170. The molecule has 2 aliphatic heterocycles.